The largest absolute Gasteiger partial charge is 0.393 e. The topological polar surface area (TPSA) is 20.2 Å². The minimum atomic E-state index is -1.68. The molecule has 94 valence electrons. The van der Waals surface area contributed by atoms with Crippen molar-refractivity contribution in [1.82, 2.24) is 0 Å². The fourth-order valence-electron chi connectivity index (χ4n) is 1.67. The summed E-state index contributed by atoms with van der Waals surface area (Å²) >= 11 is 0. The minimum Gasteiger partial charge on any atom is -0.393 e. The number of aliphatic hydroxyl groups is 1. The van der Waals surface area contributed by atoms with Crippen molar-refractivity contribution in [3.8, 4) is 0 Å². The van der Waals surface area contributed by atoms with Gasteiger partial charge in [0, 0.05) is 5.92 Å². The van der Waals surface area contributed by atoms with Gasteiger partial charge in [0.2, 0.25) is 0 Å². The Balaban J connectivity index is 2.50. The molecule has 0 spiro atoms. The van der Waals surface area contributed by atoms with Crippen LogP contribution in [0.1, 0.15) is 25.8 Å². The monoisotopic (exact) mass is 240 g/mol. The molecule has 0 aliphatic rings. The molecule has 0 aliphatic carbocycles. The number of halogens is 2. The molecule has 0 aromatic heterocycles. The molecular weight excluding hydrogens is 222 g/mol. The van der Waals surface area contributed by atoms with Crippen molar-refractivity contribution in [2.75, 3.05) is 0 Å². The maximum Gasteiger partial charge on any atom is 0.269 e. The SMILES string of the molecule is CC(=C(F)F)[C@H](C)[C@H](O)CCc1ccccc1. The lowest BCUT2D eigenvalue weighted by Gasteiger charge is -2.18. The van der Waals surface area contributed by atoms with E-state index in [1.165, 1.54) is 6.92 Å². The van der Waals surface area contributed by atoms with Crippen LogP contribution in [0, 0.1) is 5.92 Å². The first-order chi connectivity index (χ1) is 8.02. The highest BCUT2D eigenvalue weighted by Crippen LogP contribution is 2.22. The average molecular weight is 240 g/mol. The van der Waals surface area contributed by atoms with E-state index in [4.69, 9.17) is 0 Å². The highest BCUT2D eigenvalue weighted by molar-refractivity contribution is 5.15. The molecule has 0 unspecified atom stereocenters. The second-order valence-corrected chi connectivity index (χ2v) is 4.32. The van der Waals surface area contributed by atoms with Gasteiger partial charge in [-0.2, -0.15) is 8.78 Å². The average Bonchev–Trinajstić information content (AvgIpc) is 2.35. The molecule has 3 heteroatoms. The van der Waals surface area contributed by atoms with Crippen LogP contribution in [0.25, 0.3) is 0 Å². The normalized spacial score (nSPS) is 14.2. The second kappa shape index (κ2) is 6.50. The molecule has 0 fully saturated rings. The lowest BCUT2D eigenvalue weighted by atomic mass is 9.93. The molecule has 1 aromatic carbocycles. The van der Waals surface area contributed by atoms with Gasteiger partial charge in [-0.1, -0.05) is 37.3 Å². The first-order valence-electron chi connectivity index (χ1n) is 5.76. The zero-order chi connectivity index (χ0) is 12.8. The summed E-state index contributed by atoms with van der Waals surface area (Å²) in [5.41, 5.74) is 1.09. The van der Waals surface area contributed by atoms with Crippen LogP contribution in [0.3, 0.4) is 0 Å². The Hall–Kier alpha value is -1.22. The summed E-state index contributed by atoms with van der Waals surface area (Å²) in [4.78, 5) is 0. The third-order valence-corrected chi connectivity index (χ3v) is 3.13. The van der Waals surface area contributed by atoms with Gasteiger partial charge in [-0.05, 0) is 30.9 Å². The molecule has 1 aromatic rings. The third kappa shape index (κ3) is 4.27. The Morgan fingerprint density at radius 3 is 2.35 bits per heavy atom. The zero-order valence-electron chi connectivity index (χ0n) is 10.2. The van der Waals surface area contributed by atoms with Gasteiger partial charge in [0.05, 0.1) is 6.10 Å². The van der Waals surface area contributed by atoms with E-state index in [1.54, 1.807) is 6.92 Å². The van der Waals surface area contributed by atoms with E-state index in [1.807, 2.05) is 30.3 Å². The number of rotatable bonds is 5. The Morgan fingerprint density at radius 2 is 1.82 bits per heavy atom. The van der Waals surface area contributed by atoms with Gasteiger partial charge in [-0.15, -0.1) is 0 Å². The number of hydrogen-bond donors (Lipinski definition) is 1. The predicted octanol–water partition coefficient (Wildman–Crippen LogP) is 3.79. The first-order valence-corrected chi connectivity index (χ1v) is 5.76. The molecule has 0 saturated heterocycles. The van der Waals surface area contributed by atoms with Crippen molar-refractivity contribution in [1.29, 1.82) is 0 Å². The highest BCUT2D eigenvalue weighted by atomic mass is 19.3. The summed E-state index contributed by atoms with van der Waals surface area (Å²) in [6.07, 6.45) is -1.21. The summed E-state index contributed by atoms with van der Waals surface area (Å²) in [6, 6.07) is 9.72. The van der Waals surface area contributed by atoms with Gasteiger partial charge in [0.15, 0.2) is 0 Å². The maximum absolute atomic E-state index is 12.4. The van der Waals surface area contributed by atoms with Gasteiger partial charge in [-0.25, -0.2) is 0 Å². The molecule has 17 heavy (non-hydrogen) atoms. The van der Waals surface area contributed by atoms with Crippen LogP contribution in [-0.2, 0) is 6.42 Å². The van der Waals surface area contributed by atoms with Crippen LogP contribution in [-0.4, -0.2) is 11.2 Å². The van der Waals surface area contributed by atoms with Crippen LogP contribution >= 0.6 is 0 Å². The Labute approximate surface area is 101 Å². The smallest absolute Gasteiger partial charge is 0.269 e. The molecular formula is C14H18F2O. The number of hydrogen-bond acceptors (Lipinski definition) is 1. The molecule has 0 heterocycles. The summed E-state index contributed by atoms with van der Waals surface area (Å²) in [5, 5.41) is 9.83. The quantitative estimate of drug-likeness (QED) is 0.830. The van der Waals surface area contributed by atoms with Crippen LogP contribution < -0.4 is 0 Å². The fraction of sp³-hybridized carbons (Fsp3) is 0.429. The fourth-order valence-corrected chi connectivity index (χ4v) is 1.67. The molecule has 1 rings (SSSR count). The van der Waals surface area contributed by atoms with Gasteiger partial charge in [-0.3, -0.25) is 0 Å². The Kier molecular flexibility index (Phi) is 5.29. The molecule has 2 atom stereocenters. The highest BCUT2D eigenvalue weighted by Gasteiger charge is 2.18. The number of aryl methyl sites for hydroxylation is 1. The molecule has 0 radical (unpaired) electrons. The van der Waals surface area contributed by atoms with Crippen LogP contribution in [0.5, 0.6) is 0 Å². The second-order valence-electron chi connectivity index (χ2n) is 4.32. The van der Waals surface area contributed by atoms with E-state index in [2.05, 4.69) is 0 Å². The van der Waals surface area contributed by atoms with Crippen LogP contribution in [0.4, 0.5) is 8.78 Å². The van der Waals surface area contributed by atoms with E-state index >= 15 is 0 Å². The van der Waals surface area contributed by atoms with Crippen molar-refractivity contribution in [3.63, 3.8) is 0 Å². The van der Waals surface area contributed by atoms with Gasteiger partial charge >= 0.3 is 0 Å². The summed E-state index contributed by atoms with van der Waals surface area (Å²) < 4.78 is 24.7. The Morgan fingerprint density at radius 1 is 1.24 bits per heavy atom. The lowest BCUT2D eigenvalue weighted by Crippen LogP contribution is -2.19. The van der Waals surface area contributed by atoms with Gasteiger partial charge in [0.25, 0.3) is 6.08 Å². The first kappa shape index (κ1) is 13.8. The Bertz CT molecular complexity index is 369. The van der Waals surface area contributed by atoms with Crippen LogP contribution in [0.15, 0.2) is 42.0 Å². The van der Waals surface area contributed by atoms with Crippen molar-refractivity contribution in [3.05, 3.63) is 47.5 Å². The summed E-state index contributed by atoms with van der Waals surface area (Å²) in [7, 11) is 0. The minimum absolute atomic E-state index is 0.0226. The maximum atomic E-state index is 12.4. The van der Waals surface area contributed by atoms with Crippen molar-refractivity contribution >= 4 is 0 Å². The summed E-state index contributed by atoms with van der Waals surface area (Å²) in [6.45, 7) is 3.00. The van der Waals surface area contributed by atoms with E-state index in [9.17, 15) is 13.9 Å². The molecule has 0 saturated carbocycles. The van der Waals surface area contributed by atoms with E-state index in [-0.39, 0.29) is 5.57 Å². The van der Waals surface area contributed by atoms with Gasteiger partial charge < -0.3 is 5.11 Å². The lowest BCUT2D eigenvalue weighted by molar-refractivity contribution is 0.120. The summed E-state index contributed by atoms with van der Waals surface area (Å²) in [5.74, 6) is -0.497. The molecule has 0 aliphatic heterocycles. The molecule has 0 amide bonds. The van der Waals surface area contributed by atoms with E-state index < -0.39 is 18.1 Å². The van der Waals surface area contributed by atoms with Crippen molar-refractivity contribution < 1.29 is 13.9 Å². The number of aliphatic hydroxyl groups excluding tert-OH is 1. The molecule has 0 bridgehead atoms. The molecule has 1 N–H and O–H groups in total. The third-order valence-electron chi connectivity index (χ3n) is 3.13. The molecule has 1 nitrogen and oxygen atoms in total. The van der Waals surface area contributed by atoms with Crippen molar-refractivity contribution in [2.24, 2.45) is 5.92 Å². The zero-order valence-corrected chi connectivity index (χ0v) is 10.2. The van der Waals surface area contributed by atoms with Crippen molar-refractivity contribution in [2.45, 2.75) is 32.8 Å². The van der Waals surface area contributed by atoms with Gasteiger partial charge in [0.1, 0.15) is 0 Å². The number of benzene rings is 1. The van der Waals surface area contributed by atoms with E-state index in [0.29, 0.717) is 12.8 Å². The van der Waals surface area contributed by atoms with E-state index in [0.717, 1.165) is 5.56 Å². The van der Waals surface area contributed by atoms with Crippen LogP contribution in [0.2, 0.25) is 0 Å². The predicted molar refractivity (Wildman–Crippen MR) is 64.8 cm³/mol. The standard InChI is InChI=1S/C14H18F2O/c1-10(11(2)14(15)16)13(17)9-8-12-6-4-3-5-7-12/h3-7,10,13,17H,8-9H2,1-2H3/t10-,13+/m0/s1.